The van der Waals surface area contributed by atoms with E-state index in [9.17, 15) is 9.59 Å². The van der Waals surface area contributed by atoms with E-state index in [0.717, 1.165) is 0 Å². The topological polar surface area (TPSA) is 77.4 Å². The molecule has 0 N–H and O–H groups in total. The number of halogens is 1. The molecule has 0 bridgehead atoms. The van der Waals surface area contributed by atoms with Gasteiger partial charge in [0.15, 0.2) is 11.5 Å². The Bertz CT molecular complexity index is 928. The van der Waals surface area contributed by atoms with E-state index in [1.54, 1.807) is 42.5 Å². The first kappa shape index (κ1) is 18.7. The average molecular weight is 389 g/mol. The van der Waals surface area contributed by atoms with Gasteiger partial charge in [-0.3, -0.25) is 9.59 Å². The number of benzene rings is 2. The lowest BCUT2D eigenvalue weighted by molar-refractivity contribution is -0.135. The van der Waals surface area contributed by atoms with Crippen LogP contribution in [-0.2, 0) is 14.3 Å². The van der Waals surface area contributed by atoms with Gasteiger partial charge in [-0.1, -0.05) is 23.7 Å². The van der Waals surface area contributed by atoms with Gasteiger partial charge in [-0.25, -0.2) is 0 Å². The summed E-state index contributed by atoms with van der Waals surface area (Å²) < 4.78 is 16.5. The molecule has 7 nitrogen and oxygen atoms in total. The Hall–Kier alpha value is -3.06. The van der Waals surface area contributed by atoms with Gasteiger partial charge < -0.3 is 14.2 Å². The smallest absolute Gasteiger partial charge is 0.308 e. The monoisotopic (exact) mass is 388 g/mol. The highest BCUT2D eigenvalue weighted by Gasteiger charge is 2.36. The normalized spacial score (nSPS) is 15.8. The van der Waals surface area contributed by atoms with Crippen molar-refractivity contribution in [3.05, 3.63) is 58.6 Å². The Kier molecular flexibility index (Phi) is 5.32. The summed E-state index contributed by atoms with van der Waals surface area (Å²) in [5.41, 5.74) is 1.05. The fourth-order valence-electron chi connectivity index (χ4n) is 2.65. The molecular formula is C19H17ClN2O5. The Balaban J connectivity index is 2.04. The fraction of sp³-hybridized carbons (Fsp3) is 0.211. The molecule has 2 aromatic carbocycles. The second kappa shape index (κ2) is 7.67. The van der Waals surface area contributed by atoms with Crippen LogP contribution in [-0.4, -0.2) is 29.9 Å². The molecule has 0 saturated heterocycles. The van der Waals surface area contributed by atoms with Gasteiger partial charge in [-0.15, -0.1) is 5.10 Å². The van der Waals surface area contributed by atoms with Gasteiger partial charge in [0, 0.05) is 24.4 Å². The highest BCUT2D eigenvalue weighted by atomic mass is 35.5. The van der Waals surface area contributed by atoms with Crippen LogP contribution in [0.1, 0.15) is 31.2 Å². The van der Waals surface area contributed by atoms with Crippen LogP contribution >= 0.6 is 11.6 Å². The number of hydrogen-bond acceptors (Lipinski definition) is 6. The zero-order valence-electron chi connectivity index (χ0n) is 14.9. The number of ether oxygens (including phenoxy) is 3. The first-order valence-electron chi connectivity index (χ1n) is 8.07. The summed E-state index contributed by atoms with van der Waals surface area (Å²) in [5.74, 6) is -0.121. The minimum atomic E-state index is -0.916. The maximum atomic E-state index is 12.1. The first-order valence-corrected chi connectivity index (χ1v) is 8.45. The van der Waals surface area contributed by atoms with E-state index in [1.807, 2.05) is 0 Å². The third-order valence-corrected chi connectivity index (χ3v) is 4.01. The molecule has 1 aliphatic rings. The zero-order valence-corrected chi connectivity index (χ0v) is 15.7. The van der Waals surface area contributed by atoms with Gasteiger partial charge >= 0.3 is 5.97 Å². The number of amides is 1. The summed E-state index contributed by atoms with van der Waals surface area (Å²) in [6, 6.07) is 12.0. The molecule has 0 aromatic heterocycles. The summed E-state index contributed by atoms with van der Waals surface area (Å²) in [6.45, 7) is 2.65. The zero-order chi connectivity index (χ0) is 19.6. The van der Waals surface area contributed by atoms with Crippen molar-refractivity contribution in [1.82, 2.24) is 5.01 Å². The van der Waals surface area contributed by atoms with E-state index in [2.05, 4.69) is 5.10 Å². The molecule has 0 radical (unpaired) electrons. The molecule has 0 aliphatic carbocycles. The number of nitrogens with zero attached hydrogens (tertiary/aromatic N) is 2. The molecule has 1 amide bonds. The second-order valence-corrected chi connectivity index (χ2v) is 6.16. The average Bonchev–Trinajstić information content (AvgIpc) is 3.07. The standard InChI is InChI=1S/C19H17ClN2O5/c1-11(23)22-19(27-18(21-22)13-6-4-7-14(20)10-13)15-8-5-9-16(25-3)17(15)26-12(2)24/h4-10,19H,1-3H3. The minimum Gasteiger partial charge on any atom is -0.493 e. The van der Waals surface area contributed by atoms with E-state index in [1.165, 1.54) is 26.0 Å². The molecular weight excluding hydrogens is 372 g/mol. The summed E-state index contributed by atoms with van der Waals surface area (Å²) in [7, 11) is 1.46. The van der Waals surface area contributed by atoms with Crippen LogP contribution in [0.3, 0.4) is 0 Å². The molecule has 3 rings (SSSR count). The number of hydrazone groups is 1. The molecule has 0 saturated carbocycles. The van der Waals surface area contributed by atoms with Crippen molar-refractivity contribution in [3.63, 3.8) is 0 Å². The van der Waals surface area contributed by atoms with E-state index in [-0.39, 0.29) is 17.6 Å². The lowest BCUT2D eigenvalue weighted by Gasteiger charge is -2.22. The number of carbonyl (C=O) groups is 2. The SMILES string of the molecule is COc1cccc(C2OC(c3cccc(Cl)c3)=NN2C(C)=O)c1OC(C)=O. The van der Waals surface area contributed by atoms with Crippen LogP contribution in [0.25, 0.3) is 0 Å². The van der Waals surface area contributed by atoms with E-state index in [0.29, 0.717) is 21.9 Å². The highest BCUT2D eigenvalue weighted by molar-refractivity contribution is 6.31. The van der Waals surface area contributed by atoms with Crippen molar-refractivity contribution in [3.8, 4) is 11.5 Å². The van der Waals surface area contributed by atoms with Gasteiger partial charge in [0.25, 0.3) is 0 Å². The molecule has 27 heavy (non-hydrogen) atoms. The lowest BCUT2D eigenvalue weighted by Crippen LogP contribution is -2.26. The predicted octanol–water partition coefficient (Wildman–Crippen LogP) is 3.51. The molecule has 1 heterocycles. The maximum absolute atomic E-state index is 12.1. The van der Waals surface area contributed by atoms with Gasteiger partial charge in [0.05, 0.1) is 12.7 Å². The number of methoxy groups -OCH3 is 1. The number of rotatable bonds is 4. The third kappa shape index (κ3) is 3.88. The Labute approximate surface area is 161 Å². The highest BCUT2D eigenvalue weighted by Crippen LogP contribution is 2.40. The van der Waals surface area contributed by atoms with Crippen molar-refractivity contribution in [2.75, 3.05) is 7.11 Å². The number of para-hydroxylation sites is 1. The predicted molar refractivity (Wildman–Crippen MR) is 98.6 cm³/mol. The second-order valence-electron chi connectivity index (χ2n) is 5.72. The molecule has 2 aromatic rings. The van der Waals surface area contributed by atoms with Crippen LogP contribution in [0.5, 0.6) is 11.5 Å². The van der Waals surface area contributed by atoms with Gasteiger partial charge in [-0.2, -0.15) is 5.01 Å². The Morgan fingerprint density at radius 2 is 1.93 bits per heavy atom. The van der Waals surface area contributed by atoms with Crippen LogP contribution in [0.15, 0.2) is 47.6 Å². The summed E-state index contributed by atoms with van der Waals surface area (Å²) in [6.07, 6.45) is -0.916. The van der Waals surface area contributed by atoms with E-state index in [4.69, 9.17) is 25.8 Å². The molecule has 1 atom stereocenters. The van der Waals surface area contributed by atoms with Gasteiger partial charge in [0.1, 0.15) is 0 Å². The van der Waals surface area contributed by atoms with Gasteiger partial charge in [0.2, 0.25) is 18.0 Å². The summed E-state index contributed by atoms with van der Waals surface area (Å²) in [5, 5.41) is 5.96. The van der Waals surface area contributed by atoms with Crippen LogP contribution in [0.4, 0.5) is 0 Å². The molecule has 0 spiro atoms. The summed E-state index contributed by atoms with van der Waals surface area (Å²) in [4.78, 5) is 23.7. The quantitative estimate of drug-likeness (QED) is 0.591. The van der Waals surface area contributed by atoms with Crippen LogP contribution < -0.4 is 9.47 Å². The lowest BCUT2D eigenvalue weighted by atomic mass is 10.1. The van der Waals surface area contributed by atoms with Crippen LogP contribution in [0.2, 0.25) is 5.02 Å². The summed E-state index contributed by atoms with van der Waals surface area (Å²) >= 11 is 6.03. The van der Waals surface area contributed by atoms with E-state index >= 15 is 0 Å². The fourth-order valence-corrected chi connectivity index (χ4v) is 2.84. The Morgan fingerprint density at radius 1 is 1.19 bits per heavy atom. The Morgan fingerprint density at radius 3 is 2.56 bits per heavy atom. The molecule has 1 aliphatic heterocycles. The molecule has 140 valence electrons. The molecule has 0 fully saturated rings. The van der Waals surface area contributed by atoms with Crippen molar-refractivity contribution in [2.24, 2.45) is 5.10 Å². The number of esters is 1. The number of carbonyl (C=O) groups excluding carboxylic acids is 2. The van der Waals surface area contributed by atoms with Gasteiger partial charge in [-0.05, 0) is 30.3 Å². The van der Waals surface area contributed by atoms with E-state index < -0.39 is 12.2 Å². The largest absolute Gasteiger partial charge is 0.493 e. The van der Waals surface area contributed by atoms with Crippen LogP contribution in [0, 0.1) is 0 Å². The third-order valence-electron chi connectivity index (χ3n) is 3.78. The number of hydrogen-bond donors (Lipinski definition) is 0. The van der Waals surface area contributed by atoms with Crippen molar-refractivity contribution in [1.29, 1.82) is 0 Å². The first-order chi connectivity index (χ1) is 12.9. The molecule has 8 heteroatoms. The maximum Gasteiger partial charge on any atom is 0.308 e. The van der Waals surface area contributed by atoms with Crippen molar-refractivity contribution < 1.29 is 23.8 Å². The minimum absolute atomic E-state index is 0.172. The molecule has 1 unspecified atom stereocenters. The van der Waals surface area contributed by atoms with Crippen molar-refractivity contribution >= 4 is 29.4 Å². The van der Waals surface area contributed by atoms with Crippen molar-refractivity contribution in [2.45, 2.75) is 20.1 Å².